The molecule has 0 atom stereocenters. The van der Waals surface area contributed by atoms with E-state index in [0.29, 0.717) is 0 Å². The van der Waals surface area contributed by atoms with Crippen molar-refractivity contribution in [3.63, 3.8) is 0 Å². The molecule has 7 heavy (non-hydrogen) atoms. The zero-order valence-corrected chi connectivity index (χ0v) is 8.18. The third kappa shape index (κ3) is 137. The Bertz CT molecular complexity index is 11.7. The first kappa shape index (κ1) is 300. The molecule has 0 aliphatic carbocycles. The SMILES string of the molecule is [Co+2].[O-2].[O-2].[O-2].[O-2].[Si+4].[Zn+2]. The Kier molecular flexibility index (Phi) is 8380. The summed E-state index contributed by atoms with van der Waals surface area (Å²) in [7, 11) is 0. The van der Waals surface area contributed by atoms with Gasteiger partial charge in [-0.05, 0) is 0 Å². The Morgan fingerprint density at radius 1 is 0.571 bits per heavy atom. The van der Waals surface area contributed by atoms with Crippen molar-refractivity contribution in [2.45, 2.75) is 0 Å². The number of rotatable bonds is 0. The van der Waals surface area contributed by atoms with E-state index in [1.807, 2.05) is 0 Å². The smallest absolute Gasteiger partial charge is 2.00 e. The molecule has 0 aromatic heterocycles. The van der Waals surface area contributed by atoms with Crippen LogP contribution in [-0.4, -0.2) is 11.0 Å². The molecule has 0 saturated carbocycles. The summed E-state index contributed by atoms with van der Waals surface area (Å²) in [6.45, 7) is 0. The van der Waals surface area contributed by atoms with Crippen LogP contribution in [-0.2, 0) is 58.2 Å². The Morgan fingerprint density at radius 3 is 0.571 bits per heavy atom. The number of hydrogen-bond acceptors (Lipinski definition) is 0. The van der Waals surface area contributed by atoms with E-state index < -0.39 is 0 Å². The van der Waals surface area contributed by atoms with Crippen LogP contribution in [0.3, 0.4) is 0 Å². The van der Waals surface area contributed by atoms with E-state index >= 15 is 0 Å². The molecule has 0 bridgehead atoms. The van der Waals surface area contributed by atoms with E-state index in [1.54, 1.807) is 0 Å². The summed E-state index contributed by atoms with van der Waals surface area (Å²) in [5, 5.41) is 0. The van der Waals surface area contributed by atoms with Gasteiger partial charge in [0.1, 0.15) is 0 Å². The summed E-state index contributed by atoms with van der Waals surface area (Å²) >= 11 is 0. The Morgan fingerprint density at radius 2 is 0.571 bits per heavy atom. The third-order valence-corrected chi connectivity index (χ3v) is 0. The predicted molar refractivity (Wildman–Crippen MR) is 8.50 cm³/mol. The van der Waals surface area contributed by atoms with Gasteiger partial charge >= 0.3 is 47.2 Å². The molecule has 0 unspecified atom stereocenters. The fraction of sp³-hybridized carbons (Fsp3) is 0. The molecular formula is CoO4SiZn. The van der Waals surface area contributed by atoms with Crippen LogP contribution < -0.4 is 0 Å². The van der Waals surface area contributed by atoms with Gasteiger partial charge in [0, 0.05) is 0 Å². The summed E-state index contributed by atoms with van der Waals surface area (Å²) in [4.78, 5) is 0. The van der Waals surface area contributed by atoms with Gasteiger partial charge in [-0.15, -0.1) is 0 Å². The van der Waals surface area contributed by atoms with Gasteiger partial charge in [-0.25, -0.2) is 0 Å². The molecule has 1 radical (unpaired) electrons. The molecule has 0 heterocycles. The maximum absolute atomic E-state index is 0. The Balaban J connectivity index is 0. The molecule has 0 rings (SSSR count). The van der Waals surface area contributed by atoms with Gasteiger partial charge in [0.25, 0.3) is 0 Å². The first-order chi connectivity index (χ1) is 0. The molecule has 7 heteroatoms. The van der Waals surface area contributed by atoms with Gasteiger partial charge in [0.15, 0.2) is 0 Å². The zero-order valence-electron chi connectivity index (χ0n) is 3.17. The average molecular weight is 216 g/mol. The summed E-state index contributed by atoms with van der Waals surface area (Å²) in [5.74, 6) is 0. The first-order valence-electron chi connectivity index (χ1n) is 0. The molecule has 0 spiro atoms. The maximum Gasteiger partial charge on any atom is 4.00 e. The molecule has 0 aliphatic heterocycles. The minimum absolute atomic E-state index is 0. The van der Waals surface area contributed by atoms with E-state index in [-0.39, 0.29) is 69.1 Å². The van der Waals surface area contributed by atoms with Crippen molar-refractivity contribution in [3.05, 3.63) is 0 Å². The summed E-state index contributed by atoms with van der Waals surface area (Å²) < 4.78 is 0. The van der Waals surface area contributed by atoms with Crippen molar-refractivity contribution in [1.82, 2.24) is 0 Å². The van der Waals surface area contributed by atoms with Crippen LogP contribution in [0, 0.1) is 0 Å². The zero-order chi connectivity index (χ0) is 0. The fourth-order valence-electron chi connectivity index (χ4n) is 0. The molecule has 0 N–H and O–H groups in total. The quantitative estimate of drug-likeness (QED) is 0.469. The molecule has 4 nitrogen and oxygen atoms in total. The topological polar surface area (TPSA) is 114 Å². The van der Waals surface area contributed by atoms with Crippen molar-refractivity contribution >= 4 is 11.0 Å². The van der Waals surface area contributed by atoms with Crippen molar-refractivity contribution in [2.75, 3.05) is 0 Å². The Labute approximate surface area is 69.3 Å². The molecule has 0 fully saturated rings. The molecule has 0 saturated heterocycles. The van der Waals surface area contributed by atoms with Gasteiger partial charge in [0.05, 0.1) is 0 Å². The van der Waals surface area contributed by atoms with Gasteiger partial charge in [-0.2, -0.15) is 0 Å². The van der Waals surface area contributed by atoms with Crippen LogP contribution in [0.15, 0.2) is 0 Å². The average Bonchev–Trinajstić information content (AvgIpc) is 0. The van der Waals surface area contributed by atoms with E-state index in [1.165, 1.54) is 0 Å². The minimum atomic E-state index is 0. The van der Waals surface area contributed by atoms with Crippen molar-refractivity contribution in [2.24, 2.45) is 0 Å². The predicted octanol–water partition coefficient (Wildman–Crippen LogP) is -0.861. The number of hydrogen-bond donors (Lipinski definition) is 0. The van der Waals surface area contributed by atoms with Crippen LogP contribution >= 0.6 is 0 Å². The standard InChI is InChI=1S/Co.4O.Si.Zn/q+2;4*-2;+4;+2. The van der Waals surface area contributed by atoms with Crippen LogP contribution in [0.1, 0.15) is 0 Å². The molecule has 0 aromatic rings. The van der Waals surface area contributed by atoms with Gasteiger partial charge in [0.2, 0.25) is 0 Å². The first-order valence-corrected chi connectivity index (χ1v) is 0. The van der Waals surface area contributed by atoms with Gasteiger partial charge in [-0.1, -0.05) is 0 Å². The molecule has 0 aromatic carbocycles. The molecule has 39 valence electrons. The van der Waals surface area contributed by atoms with E-state index in [9.17, 15) is 0 Å². The van der Waals surface area contributed by atoms with Crippen LogP contribution in [0.2, 0.25) is 0 Å². The summed E-state index contributed by atoms with van der Waals surface area (Å²) in [5.41, 5.74) is 0. The normalized spacial score (nSPS) is 0. The van der Waals surface area contributed by atoms with E-state index in [4.69, 9.17) is 0 Å². The van der Waals surface area contributed by atoms with E-state index in [2.05, 4.69) is 0 Å². The second-order valence-corrected chi connectivity index (χ2v) is 0. The third-order valence-electron chi connectivity index (χ3n) is 0. The summed E-state index contributed by atoms with van der Waals surface area (Å²) in [6.07, 6.45) is 0. The van der Waals surface area contributed by atoms with Crippen LogP contribution in [0.5, 0.6) is 0 Å². The van der Waals surface area contributed by atoms with Crippen LogP contribution in [0.4, 0.5) is 0 Å². The molecule has 0 amide bonds. The second kappa shape index (κ2) is 195. The Hall–Kier alpha value is 1.19. The summed E-state index contributed by atoms with van der Waals surface area (Å²) in [6, 6.07) is 0. The van der Waals surface area contributed by atoms with Gasteiger partial charge < -0.3 is 21.9 Å². The van der Waals surface area contributed by atoms with E-state index in [0.717, 1.165) is 0 Å². The van der Waals surface area contributed by atoms with Crippen molar-refractivity contribution < 1.29 is 58.2 Å². The second-order valence-electron chi connectivity index (χ2n) is 0. The fourth-order valence-corrected chi connectivity index (χ4v) is 0. The van der Waals surface area contributed by atoms with Crippen molar-refractivity contribution in [1.29, 1.82) is 0 Å². The molecule has 0 aliphatic rings. The van der Waals surface area contributed by atoms with Crippen LogP contribution in [0.25, 0.3) is 0 Å². The maximum atomic E-state index is 0. The van der Waals surface area contributed by atoms with Gasteiger partial charge in [-0.3, -0.25) is 0 Å². The minimum Gasteiger partial charge on any atom is -2.00 e. The largest absolute Gasteiger partial charge is 4.00 e. The monoisotopic (exact) mass is 215 g/mol. The molecular weight excluding hydrogens is 216 g/mol. The van der Waals surface area contributed by atoms with Crippen molar-refractivity contribution in [3.8, 4) is 0 Å².